The lowest BCUT2D eigenvalue weighted by molar-refractivity contribution is 0.315. The molecule has 3 aromatic heterocycles. The van der Waals surface area contributed by atoms with E-state index < -0.39 is 0 Å². The number of aromatic nitrogens is 2. The minimum atomic E-state index is 0.611. The van der Waals surface area contributed by atoms with Crippen molar-refractivity contribution < 1.29 is 14.1 Å². The second-order valence-corrected chi connectivity index (χ2v) is 10.0. The van der Waals surface area contributed by atoms with Gasteiger partial charge in [0.1, 0.15) is 23.6 Å². The van der Waals surface area contributed by atoms with Crippen molar-refractivity contribution in [3.8, 4) is 32.4 Å². The first-order valence-electron chi connectivity index (χ1n) is 7.04. The molecule has 9 heteroatoms. The average molecular weight is 498 g/mol. The average Bonchev–Trinajstić information content (AvgIpc) is 3.34. The Hall–Kier alpha value is -1.68. The van der Waals surface area contributed by atoms with E-state index in [0.717, 1.165) is 28.5 Å². The highest BCUT2D eigenvalue weighted by Gasteiger charge is 2.29. The fraction of sp³-hybridized carbons (Fsp3) is 0. The van der Waals surface area contributed by atoms with Crippen LogP contribution >= 0.6 is 54.5 Å². The number of hydrogen-bond donors (Lipinski definition) is 0. The molecule has 0 saturated carbocycles. The van der Waals surface area contributed by atoms with Crippen molar-refractivity contribution in [2.24, 2.45) is 0 Å². The van der Waals surface area contributed by atoms with E-state index in [0.29, 0.717) is 22.5 Å². The first-order chi connectivity index (χ1) is 12.2. The Balaban J connectivity index is 1.91. The van der Waals surface area contributed by atoms with Crippen molar-refractivity contribution in [1.82, 2.24) is 10.3 Å². The van der Waals surface area contributed by atoms with E-state index in [4.69, 9.17) is 14.1 Å². The van der Waals surface area contributed by atoms with E-state index in [9.17, 15) is 0 Å². The molecule has 1 aliphatic heterocycles. The minimum absolute atomic E-state index is 0.611. The Morgan fingerprint density at radius 1 is 0.720 bits per heavy atom. The van der Waals surface area contributed by atoms with Crippen LogP contribution in [0, 0.1) is 0 Å². The van der Waals surface area contributed by atoms with Crippen LogP contribution in [0.3, 0.4) is 0 Å². The Morgan fingerprint density at radius 3 is 1.60 bits per heavy atom. The number of thiophene rings is 2. The smallest absolute Gasteiger partial charge is 0.180 e. The summed E-state index contributed by atoms with van der Waals surface area (Å²) in [5.74, 6) is 1.22. The van der Waals surface area contributed by atoms with E-state index in [-0.39, 0.29) is 0 Å². The molecule has 0 atom stereocenters. The maximum atomic E-state index is 5.83. The second kappa shape index (κ2) is 5.94. The topological polar surface area (TPSA) is 57.4 Å². The second-order valence-electron chi connectivity index (χ2n) is 5.09. The van der Waals surface area contributed by atoms with Gasteiger partial charge < -0.3 is 9.47 Å². The summed E-state index contributed by atoms with van der Waals surface area (Å²) >= 11 is 10.2. The number of hydrogen-bond acceptors (Lipinski definition) is 7. The number of fused-ring (bicyclic) bond motifs is 2. The molecule has 0 bridgehead atoms. The number of nitrogens with zero attached hydrogens (tertiary/aromatic N) is 2. The highest BCUT2D eigenvalue weighted by atomic mass is 79.9. The van der Waals surface area contributed by atoms with Gasteiger partial charge in [-0.25, -0.2) is 4.63 Å². The summed E-state index contributed by atoms with van der Waals surface area (Å²) in [6.07, 6.45) is 3.03. The molecule has 0 unspecified atom stereocenters. The quantitative estimate of drug-likeness (QED) is 0.318. The van der Waals surface area contributed by atoms with Crippen molar-refractivity contribution in [3.63, 3.8) is 0 Å². The van der Waals surface area contributed by atoms with Crippen LogP contribution in [0.4, 0.5) is 0 Å². The van der Waals surface area contributed by atoms with Crippen LogP contribution in [-0.2, 0) is 0 Å². The number of rotatable bonds is 2. The van der Waals surface area contributed by atoms with Crippen LogP contribution in [-0.4, -0.2) is 10.3 Å². The lowest BCUT2D eigenvalue weighted by Gasteiger charge is -2.18. The van der Waals surface area contributed by atoms with Gasteiger partial charge in [0.05, 0.1) is 18.7 Å². The van der Waals surface area contributed by atoms with Gasteiger partial charge in [0.25, 0.3) is 0 Å². The van der Waals surface area contributed by atoms with Gasteiger partial charge in [-0.3, -0.25) is 0 Å². The number of ether oxygens (including phenoxy) is 2. The van der Waals surface area contributed by atoms with Gasteiger partial charge in [-0.15, -0.1) is 22.7 Å². The first-order valence-corrected chi connectivity index (χ1v) is 10.3. The molecule has 0 amide bonds. The van der Waals surface area contributed by atoms with Crippen molar-refractivity contribution in [1.29, 1.82) is 0 Å². The van der Waals surface area contributed by atoms with Crippen LogP contribution in [0.5, 0.6) is 11.5 Å². The fourth-order valence-electron chi connectivity index (χ4n) is 2.73. The highest BCUT2D eigenvalue weighted by Crippen LogP contribution is 2.53. The van der Waals surface area contributed by atoms with Crippen LogP contribution in [0.25, 0.3) is 31.9 Å². The molecule has 0 aliphatic carbocycles. The molecule has 1 aromatic carbocycles. The molecular weight excluding hydrogens is 492 g/mol. The normalized spacial score (nSPS) is 12.9. The van der Waals surface area contributed by atoms with Crippen molar-refractivity contribution in [2.45, 2.75) is 0 Å². The highest BCUT2D eigenvalue weighted by molar-refractivity contribution is 9.11. The Bertz CT molecular complexity index is 1060. The maximum absolute atomic E-state index is 5.83. The fourth-order valence-corrected chi connectivity index (χ4v) is 5.59. The SMILES string of the molecule is Brc1ccc(-c2c3c(c(-c4ccc(Br)s4)c4nonc24)OC=CO3)s1. The van der Waals surface area contributed by atoms with E-state index in [1.165, 1.54) is 12.5 Å². The Kier molecular flexibility index (Phi) is 3.70. The molecule has 1 aliphatic rings. The summed E-state index contributed by atoms with van der Waals surface area (Å²) in [5, 5.41) is 8.29. The van der Waals surface area contributed by atoms with Crippen LogP contribution in [0.1, 0.15) is 0 Å². The molecule has 4 aromatic rings. The largest absolute Gasteiger partial charge is 0.457 e. The van der Waals surface area contributed by atoms with Gasteiger partial charge in [-0.1, -0.05) is 0 Å². The van der Waals surface area contributed by atoms with Gasteiger partial charge in [0.15, 0.2) is 11.5 Å². The zero-order valence-electron chi connectivity index (χ0n) is 12.2. The molecule has 5 nitrogen and oxygen atoms in total. The first kappa shape index (κ1) is 15.6. The van der Waals surface area contributed by atoms with Crippen LogP contribution in [0.2, 0.25) is 0 Å². The molecule has 25 heavy (non-hydrogen) atoms. The van der Waals surface area contributed by atoms with Crippen LogP contribution < -0.4 is 9.47 Å². The predicted octanol–water partition coefficient (Wildman–Crippen LogP) is 6.45. The minimum Gasteiger partial charge on any atom is -0.457 e. The molecule has 4 heterocycles. The lowest BCUT2D eigenvalue weighted by Crippen LogP contribution is -2.01. The molecular formula is C16H6Br2N2O3S2. The summed E-state index contributed by atoms with van der Waals surface area (Å²) in [4.78, 5) is 1.98. The number of benzene rings is 1. The summed E-state index contributed by atoms with van der Waals surface area (Å²) < 4.78 is 18.8. The molecule has 0 radical (unpaired) electrons. The van der Waals surface area contributed by atoms with Crippen molar-refractivity contribution in [3.05, 3.63) is 44.4 Å². The summed E-state index contributed by atoms with van der Waals surface area (Å²) in [7, 11) is 0. The van der Waals surface area contributed by atoms with E-state index in [2.05, 4.69) is 42.2 Å². The van der Waals surface area contributed by atoms with Gasteiger partial charge >= 0.3 is 0 Å². The molecule has 0 N–H and O–H groups in total. The predicted molar refractivity (Wildman–Crippen MR) is 104 cm³/mol. The van der Waals surface area contributed by atoms with Gasteiger partial charge in [-0.2, -0.15) is 0 Å². The molecule has 124 valence electrons. The van der Waals surface area contributed by atoms with Crippen molar-refractivity contribution in [2.75, 3.05) is 0 Å². The van der Waals surface area contributed by atoms with E-state index in [1.54, 1.807) is 22.7 Å². The molecule has 0 saturated heterocycles. The molecule has 0 spiro atoms. The standard InChI is InChI=1S/C16H6Br2N2O3S2/c17-9-3-1-7(24-9)11-13-14(20-23-19-13)12(8-2-4-10(18)25-8)16-15(11)21-5-6-22-16/h1-6H. The van der Waals surface area contributed by atoms with E-state index >= 15 is 0 Å². The van der Waals surface area contributed by atoms with Gasteiger partial charge in [-0.05, 0) is 66.4 Å². The third-order valence-electron chi connectivity index (χ3n) is 3.69. The summed E-state index contributed by atoms with van der Waals surface area (Å²) in [6, 6.07) is 7.97. The molecule has 0 fully saturated rings. The molecule has 5 rings (SSSR count). The van der Waals surface area contributed by atoms with Crippen molar-refractivity contribution >= 4 is 65.6 Å². The zero-order valence-corrected chi connectivity index (χ0v) is 17.0. The monoisotopic (exact) mass is 496 g/mol. The lowest BCUT2D eigenvalue weighted by atomic mass is 10.0. The Morgan fingerprint density at radius 2 is 1.20 bits per heavy atom. The third-order valence-corrected chi connectivity index (χ3v) is 6.97. The zero-order chi connectivity index (χ0) is 17.0. The van der Waals surface area contributed by atoms with E-state index in [1.807, 2.05) is 24.3 Å². The van der Waals surface area contributed by atoms with Gasteiger partial charge in [0.2, 0.25) is 0 Å². The van der Waals surface area contributed by atoms with Gasteiger partial charge in [0, 0.05) is 9.75 Å². The summed E-state index contributed by atoms with van der Waals surface area (Å²) in [5.41, 5.74) is 2.91. The Labute approximate surface area is 166 Å². The maximum Gasteiger partial charge on any atom is 0.180 e. The third kappa shape index (κ3) is 2.45. The van der Waals surface area contributed by atoms with Crippen LogP contribution in [0.15, 0.2) is 49.0 Å². The summed E-state index contributed by atoms with van der Waals surface area (Å²) in [6.45, 7) is 0. The number of halogens is 2.